The molecule has 2 fully saturated rings. The Hall–Kier alpha value is -2.04. The van der Waals surface area contributed by atoms with E-state index in [1.54, 1.807) is 0 Å². The normalized spacial score (nSPS) is 19.0. The van der Waals surface area contributed by atoms with Crippen molar-refractivity contribution in [3.05, 3.63) is 57.6 Å². The Labute approximate surface area is 390 Å². The molecule has 0 amide bonds. The second-order valence-electron chi connectivity index (χ2n) is 28.4. The second-order valence-corrected chi connectivity index (χ2v) is 28.4. The smallest absolute Gasteiger partial charge is 0.126 e. The van der Waals surface area contributed by atoms with Gasteiger partial charge in [0.25, 0.3) is 0 Å². The Morgan fingerprint density at radius 2 is 0.683 bits per heavy atom. The van der Waals surface area contributed by atoms with E-state index in [-0.39, 0.29) is 43.3 Å². The van der Waals surface area contributed by atoms with Gasteiger partial charge in [0.2, 0.25) is 0 Å². The monoisotopic (exact) mass is 873 g/mol. The molecule has 4 rings (SSSR count). The maximum atomic E-state index is 7.18. The predicted octanol–water partition coefficient (Wildman–Crippen LogP) is 16.5. The summed E-state index contributed by atoms with van der Waals surface area (Å²) >= 11 is 0. The average molecular weight is 873 g/mol. The van der Waals surface area contributed by atoms with Crippen molar-refractivity contribution < 1.29 is 18.9 Å². The number of hydrogen-bond acceptors (Lipinski definition) is 4. The van der Waals surface area contributed by atoms with Gasteiger partial charge in [-0.05, 0) is 124 Å². The predicted molar refractivity (Wildman–Crippen MR) is 271 cm³/mol. The van der Waals surface area contributed by atoms with Gasteiger partial charge < -0.3 is 18.9 Å². The quantitative estimate of drug-likeness (QED) is 0.0873. The van der Waals surface area contributed by atoms with Gasteiger partial charge in [-0.2, -0.15) is 0 Å². The van der Waals surface area contributed by atoms with Gasteiger partial charge in [0.05, 0.1) is 38.6 Å². The molecule has 0 aliphatic carbocycles. The molecule has 2 aromatic rings. The Balaban J connectivity index is 1.96. The largest absolute Gasteiger partial charge is 0.493 e. The first kappa shape index (κ1) is 53.6. The molecule has 0 bridgehead atoms. The summed E-state index contributed by atoms with van der Waals surface area (Å²) in [5.74, 6) is 3.40. The molecule has 4 atom stereocenters. The summed E-state index contributed by atoms with van der Waals surface area (Å²) in [6, 6.07) is 10.2. The third-order valence-corrected chi connectivity index (χ3v) is 13.6. The average Bonchev–Trinajstić information content (AvgIpc) is 3.98. The Morgan fingerprint density at radius 3 is 0.889 bits per heavy atom. The highest BCUT2D eigenvalue weighted by Crippen LogP contribution is 2.51. The minimum atomic E-state index is -0.105. The molecular formula is C59H100O4. The molecular weight excluding hydrogens is 773 g/mol. The van der Waals surface area contributed by atoms with Crippen molar-refractivity contribution >= 4 is 0 Å². The van der Waals surface area contributed by atoms with Gasteiger partial charge in [-0.15, -0.1) is 0 Å². The molecule has 2 aromatic carbocycles. The van der Waals surface area contributed by atoms with Crippen LogP contribution < -0.4 is 9.47 Å². The molecule has 360 valence electrons. The fraction of sp³-hybridized carbons (Fsp3) is 0.797. The SMILES string of the molecule is CC(CCCOc1c(C(C)(C)CC(C)(C)C)cc(Cc2cc(C(C)(C)CC(C)(C)C)c(OCCCC(C)C3CO3)c(C(C)(C)CC(C)(C)C)c2)cc1C(C)(C)CC(C)(C)C)C1CO1. The fourth-order valence-corrected chi connectivity index (χ4v) is 12.1. The van der Waals surface area contributed by atoms with E-state index in [4.69, 9.17) is 18.9 Å². The van der Waals surface area contributed by atoms with Gasteiger partial charge in [0.15, 0.2) is 0 Å². The lowest BCUT2D eigenvalue weighted by Gasteiger charge is -2.39. The fourth-order valence-electron chi connectivity index (χ4n) is 12.1. The lowest BCUT2D eigenvalue weighted by molar-refractivity contribution is 0.240. The molecule has 2 heterocycles. The van der Waals surface area contributed by atoms with Crippen LogP contribution in [0.4, 0.5) is 0 Å². The summed E-state index contributed by atoms with van der Waals surface area (Å²) in [6.07, 6.45) is 10.3. The van der Waals surface area contributed by atoms with Crippen molar-refractivity contribution in [2.24, 2.45) is 33.5 Å². The Kier molecular flexibility index (Phi) is 16.7. The summed E-state index contributed by atoms with van der Waals surface area (Å²) in [5, 5.41) is 0. The van der Waals surface area contributed by atoms with Gasteiger partial charge >= 0.3 is 0 Å². The number of rotatable bonds is 22. The highest BCUT2D eigenvalue weighted by molar-refractivity contribution is 5.55. The summed E-state index contributed by atoms with van der Waals surface area (Å²) in [7, 11) is 0. The molecule has 0 saturated carbocycles. The van der Waals surface area contributed by atoms with E-state index in [2.05, 4.69) is 177 Å². The molecule has 0 aromatic heterocycles. The Bertz CT molecular complexity index is 1560. The highest BCUT2D eigenvalue weighted by atomic mass is 16.6. The van der Waals surface area contributed by atoms with Crippen LogP contribution in [-0.2, 0) is 37.6 Å². The van der Waals surface area contributed by atoms with Gasteiger partial charge in [-0.25, -0.2) is 0 Å². The number of hydrogen-bond donors (Lipinski definition) is 0. The van der Waals surface area contributed by atoms with Crippen molar-refractivity contribution in [2.75, 3.05) is 26.4 Å². The van der Waals surface area contributed by atoms with E-state index in [0.717, 1.165) is 95.7 Å². The molecule has 63 heavy (non-hydrogen) atoms. The van der Waals surface area contributed by atoms with Crippen LogP contribution in [0.5, 0.6) is 11.5 Å². The first-order chi connectivity index (χ1) is 28.5. The van der Waals surface area contributed by atoms with E-state index >= 15 is 0 Å². The summed E-state index contributed by atoms with van der Waals surface area (Å²) in [4.78, 5) is 0. The standard InChI is InChI=1S/C59H100O4/c1-40(48-34-62-48)25-23-27-60-50-44(56(15,16)36-52(3,4)5)30-42(31-45(50)57(17,18)37-53(6,7)8)29-43-32-46(58(19,20)38-54(9,10)11)51(61-28-24-26-41(2)49-35-63-49)47(33-43)59(21,22)39-55(12,13)14/h30-33,40-41,48-49H,23-29,34-39H2,1-22H3. The van der Waals surface area contributed by atoms with Crippen molar-refractivity contribution in [1.29, 1.82) is 0 Å². The number of ether oxygens (including phenoxy) is 4. The summed E-state index contributed by atoms with van der Waals surface area (Å²) in [5.41, 5.74) is 8.37. The number of epoxide rings is 2. The van der Waals surface area contributed by atoms with Crippen molar-refractivity contribution in [1.82, 2.24) is 0 Å². The first-order valence-corrected chi connectivity index (χ1v) is 25.3. The van der Waals surface area contributed by atoms with Crippen molar-refractivity contribution in [3.8, 4) is 11.5 Å². The van der Waals surface area contributed by atoms with E-state index in [1.165, 1.54) is 33.4 Å². The zero-order valence-corrected chi connectivity index (χ0v) is 45.4. The maximum absolute atomic E-state index is 7.18. The minimum absolute atomic E-state index is 0.105. The highest BCUT2D eigenvalue weighted by Gasteiger charge is 2.39. The topological polar surface area (TPSA) is 43.5 Å². The van der Waals surface area contributed by atoms with Crippen LogP contribution in [0.25, 0.3) is 0 Å². The van der Waals surface area contributed by atoms with Crippen molar-refractivity contribution in [3.63, 3.8) is 0 Å². The van der Waals surface area contributed by atoms with Crippen LogP contribution in [-0.4, -0.2) is 38.6 Å². The molecule has 2 aliphatic heterocycles. The van der Waals surface area contributed by atoms with Gasteiger partial charge in [0.1, 0.15) is 11.5 Å². The van der Waals surface area contributed by atoms with Crippen LogP contribution in [0, 0.1) is 33.5 Å². The third-order valence-electron chi connectivity index (χ3n) is 13.6. The van der Waals surface area contributed by atoms with E-state index < -0.39 is 0 Å². The van der Waals surface area contributed by atoms with Crippen LogP contribution in [0.15, 0.2) is 24.3 Å². The van der Waals surface area contributed by atoms with Crippen LogP contribution >= 0.6 is 0 Å². The van der Waals surface area contributed by atoms with E-state index in [1.807, 2.05) is 0 Å². The van der Waals surface area contributed by atoms with Crippen LogP contribution in [0.3, 0.4) is 0 Å². The van der Waals surface area contributed by atoms with Crippen LogP contribution in [0.1, 0.15) is 237 Å². The molecule has 2 aliphatic rings. The van der Waals surface area contributed by atoms with Gasteiger partial charge in [-0.1, -0.05) is 177 Å². The van der Waals surface area contributed by atoms with E-state index in [0.29, 0.717) is 24.0 Å². The minimum Gasteiger partial charge on any atom is -0.493 e. The molecule has 0 spiro atoms. The van der Waals surface area contributed by atoms with Gasteiger partial charge in [0, 0.05) is 22.3 Å². The molecule has 4 heteroatoms. The molecule has 4 unspecified atom stereocenters. The zero-order valence-electron chi connectivity index (χ0n) is 45.4. The van der Waals surface area contributed by atoms with Crippen LogP contribution in [0.2, 0.25) is 0 Å². The maximum Gasteiger partial charge on any atom is 0.126 e. The zero-order chi connectivity index (χ0) is 47.8. The molecule has 2 saturated heterocycles. The van der Waals surface area contributed by atoms with Gasteiger partial charge in [-0.3, -0.25) is 0 Å². The first-order valence-electron chi connectivity index (χ1n) is 25.3. The molecule has 0 radical (unpaired) electrons. The summed E-state index contributed by atoms with van der Waals surface area (Å²) < 4.78 is 25.7. The van der Waals surface area contributed by atoms with E-state index in [9.17, 15) is 0 Å². The molecule has 0 N–H and O–H groups in total. The third kappa shape index (κ3) is 16.7. The second kappa shape index (κ2) is 19.7. The number of benzene rings is 2. The molecule has 4 nitrogen and oxygen atoms in total. The van der Waals surface area contributed by atoms with Crippen molar-refractivity contribution in [2.45, 2.75) is 244 Å². The Morgan fingerprint density at radius 1 is 0.444 bits per heavy atom. The lowest BCUT2D eigenvalue weighted by atomic mass is 9.67. The summed E-state index contributed by atoms with van der Waals surface area (Å²) in [6.45, 7) is 56.3. The lowest BCUT2D eigenvalue weighted by Crippen LogP contribution is -2.30.